The third kappa shape index (κ3) is 9.34. The maximum absolute atomic E-state index is 13.6. The van der Waals surface area contributed by atoms with E-state index in [1.165, 1.54) is 37.7 Å². The van der Waals surface area contributed by atoms with Crippen LogP contribution in [-0.4, -0.2) is 34.7 Å². The normalized spacial score (nSPS) is 11.1. The van der Waals surface area contributed by atoms with E-state index in [0.717, 1.165) is 37.7 Å². The zero-order chi connectivity index (χ0) is 28.0. The molecule has 0 radical (unpaired) electrons. The molecule has 1 aromatic heterocycles. The molecule has 0 aliphatic heterocycles. The first-order chi connectivity index (χ1) is 18.9. The predicted molar refractivity (Wildman–Crippen MR) is 153 cm³/mol. The minimum Gasteiger partial charge on any atom is -0.464 e. The molecule has 0 aliphatic carbocycles. The summed E-state index contributed by atoms with van der Waals surface area (Å²) in [6, 6.07) is 12.9. The van der Waals surface area contributed by atoms with Crippen molar-refractivity contribution in [2.45, 2.75) is 84.7 Å². The van der Waals surface area contributed by atoms with Gasteiger partial charge in [0, 0.05) is 19.5 Å². The Bertz CT molecular complexity index is 1260. The number of fused-ring (bicyclic) bond motifs is 1. The van der Waals surface area contributed by atoms with E-state index in [0.29, 0.717) is 29.5 Å². The zero-order valence-electron chi connectivity index (χ0n) is 23.3. The molecular weight excluding hydrogens is 495 g/mol. The van der Waals surface area contributed by atoms with Gasteiger partial charge in [-0.3, -0.25) is 14.4 Å². The highest BCUT2D eigenvalue weighted by molar-refractivity contribution is 5.85. The van der Waals surface area contributed by atoms with Gasteiger partial charge in [0.05, 0.1) is 30.3 Å². The summed E-state index contributed by atoms with van der Waals surface area (Å²) in [6.45, 7) is 4.89. The first kappa shape index (κ1) is 30.1. The third-order valence-electron chi connectivity index (χ3n) is 6.96. The molecule has 0 bridgehead atoms. The van der Waals surface area contributed by atoms with Crippen LogP contribution in [0, 0.1) is 5.82 Å². The average Bonchev–Trinajstić information content (AvgIpc) is 2.95. The number of hydrogen-bond donors (Lipinski definition) is 0. The highest BCUT2D eigenvalue weighted by atomic mass is 19.1. The number of rotatable bonds is 16. The molecule has 2 aromatic carbocycles. The lowest BCUT2D eigenvalue weighted by Gasteiger charge is -2.28. The van der Waals surface area contributed by atoms with Crippen LogP contribution in [-0.2, 0) is 22.7 Å². The summed E-state index contributed by atoms with van der Waals surface area (Å²) in [7, 11) is 0. The summed E-state index contributed by atoms with van der Waals surface area (Å²) in [4.78, 5) is 43.1. The fraction of sp³-hybridized carbons (Fsp3) is 0.469. The van der Waals surface area contributed by atoms with E-state index < -0.39 is 0 Å². The van der Waals surface area contributed by atoms with Gasteiger partial charge in [-0.2, -0.15) is 0 Å². The van der Waals surface area contributed by atoms with E-state index in [1.807, 2.05) is 0 Å². The standard InChI is InChI=1S/C32H41FN2O4/c1-3-5-7-8-9-10-15-30(36)34(20-6-4-2)23-31(37)35(21-25-16-18-27(33)19-17-25)22-26-24-39-29-14-12-11-13-28(29)32(26)38/h11-14,16-19,24H,3-10,15,20-23H2,1-2H3. The molecule has 0 atom stereocenters. The number of nitrogens with zero attached hydrogens (tertiary/aromatic N) is 2. The van der Waals surface area contributed by atoms with Crippen LogP contribution in [0.2, 0.25) is 0 Å². The summed E-state index contributed by atoms with van der Waals surface area (Å²) in [6.07, 6.45) is 10.1. The van der Waals surface area contributed by atoms with Crippen molar-refractivity contribution in [3.05, 3.63) is 82.0 Å². The van der Waals surface area contributed by atoms with Gasteiger partial charge in [-0.1, -0.05) is 76.6 Å². The van der Waals surface area contributed by atoms with Crippen LogP contribution in [0.5, 0.6) is 0 Å². The fourth-order valence-electron chi connectivity index (χ4n) is 4.59. The first-order valence-electron chi connectivity index (χ1n) is 14.2. The molecule has 2 amide bonds. The first-order valence-corrected chi connectivity index (χ1v) is 14.2. The highest BCUT2D eigenvalue weighted by Crippen LogP contribution is 2.16. The molecule has 0 saturated heterocycles. The van der Waals surface area contributed by atoms with Crippen LogP contribution in [0.15, 0.2) is 64.0 Å². The van der Waals surface area contributed by atoms with E-state index in [9.17, 15) is 18.8 Å². The van der Waals surface area contributed by atoms with Gasteiger partial charge >= 0.3 is 0 Å². The van der Waals surface area contributed by atoms with E-state index in [1.54, 1.807) is 46.2 Å². The van der Waals surface area contributed by atoms with Crippen molar-refractivity contribution < 1.29 is 18.4 Å². The van der Waals surface area contributed by atoms with Crippen molar-refractivity contribution >= 4 is 22.8 Å². The minimum absolute atomic E-state index is 0.0146. The van der Waals surface area contributed by atoms with Crippen LogP contribution in [0.4, 0.5) is 4.39 Å². The van der Waals surface area contributed by atoms with Gasteiger partial charge in [-0.05, 0) is 42.7 Å². The number of unbranched alkanes of at least 4 members (excludes halogenated alkanes) is 6. The number of carbonyl (C=O) groups excluding carboxylic acids is 2. The lowest BCUT2D eigenvalue weighted by Crippen LogP contribution is -2.43. The Kier molecular flexibility index (Phi) is 12.2. The maximum atomic E-state index is 13.6. The maximum Gasteiger partial charge on any atom is 0.242 e. The zero-order valence-corrected chi connectivity index (χ0v) is 23.3. The molecule has 0 saturated carbocycles. The molecule has 0 N–H and O–H groups in total. The van der Waals surface area contributed by atoms with Gasteiger partial charge in [-0.15, -0.1) is 0 Å². The highest BCUT2D eigenvalue weighted by Gasteiger charge is 2.23. The summed E-state index contributed by atoms with van der Waals surface area (Å²) < 4.78 is 19.2. The van der Waals surface area contributed by atoms with Gasteiger partial charge in [-0.25, -0.2) is 4.39 Å². The molecule has 39 heavy (non-hydrogen) atoms. The van der Waals surface area contributed by atoms with E-state index >= 15 is 0 Å². The molecule has 0 spiro atoms. The Morgan fingerprint density at radius 3 is 2.23 bits per heavy atom. The third-order valence-corrected chi connectivity index (χ3v) is 6.96. The van der Waals surface area contributed by atoms with Crippen LogP contribution in [0.25, 0.3) is 11.0 Å². The van der Waals surface area contributed by atoms with E-state index in [4.69, 9.17) is 4.42 Å². The molecule has 0 unspecified atom stereocenters. The van der Waals surface area contributed by atoms with Gasteiger partial charge in [0.2, 0.25) is 11.8 Å². The number of carbonyl (C=O) groups is 2. The summed E-state index contributed by atoms with van der Waals surface area (Å²) >= 11 is 0. The second-order valence-corrected chi connectivity index (χ2v) is 10.1. The molecule has 7 heteroatoms. The molecule has 3 aromatic rings. The number of amides is 2. The quantitative estimate of drug-likeness (QED) is 0.188. The van der Waals surface area contributed by atoms with E-state index in [-0.39, 0.29) is 42.7 Å². The Morgan fingerprint density at radius 2 is 1.49 bits per heavy atom. The molecule has 0 aliphatic rings. The smallest absolute Gasteiger partial charge is 0.242 e. The Balaban J connectivity index is 1.77. The Labute approximate surface area is 230 Å². The lowest BCUT2D eigenvalue weighted by molar-refractivity contribution is -0.141. The summed E-state index contributed by atoms with van der Waals surface area (Å²) in [5.74, 6) is -0.642. The van der Waals surface area contributed by atoms with E-state index in [2.05, 4.69) is 13.8 Å². The summed E-state index contributed by atoms with van der Waals surface area (Å²) in [5, 5.41) is 0.447. The van der Waals surface area contributed by atoms with Gasteiger partial charge in [0.15, 0.2) is 5.43 Å². The second-order valence-electron chi connectivity index (χ2n) is 10.1. The molecular formula is C32H41FN2O4. The lowest BCUT2D eigenvalue weighted by atomic mass is 10.1. The fourth-order valence-corrected chi connectivity index (χ4v) is 4.59. The van der Waals surface area contributed by atoms with Crippen molar-refractivity contribution in [3.8, 4) is 0 Å². The number of para-hydroxylation sites is 1. The van der Waals surface area contributed by atoms with Crippen LogP contribution >= 0.6 is 0 Å². The van der Waals surface area contributed by atoms with Crippen molar-refractivity contribution in [2.75, 3.05) is 13.1 Å². The second kappa shape index (κ2) is 15.8. The largest absolute Gasteiger partial charge is 0.464 e. The van der Waals surface area contributed by atoms with Crippen molar-refractivity contribution in [3.63, 3.8) is 0 Å². The SMILES string of the molecule is CCCCCCCCC(=O)N(CCCC)CC(=O)N(Cc1ccc(F)cc1)Cc1coc2ccccc2c1=O. The van der Waals surface area contributed by atoms with Gasteiger partial charge < -0.3 is 14.2 Å². The Morgan fingerprint density at radius 1 is 0.795 bits per heavy atom. The average molecular weight is 537 g/mol. The minimum atomic E-state index is -0.363. The van der Waals surface area contributed by atoms with Gasteiger partial charge in [0.25, 0.3) is 0 Å². The molecule has 3 rings (SSSR count). The van der Waals surface area contributed by atoms with Crippen LogP contribution in [0.1, 0.15) is 82.8 Å². The predicted octanol–water partition coefficient (Wildman–Crippen LogP) is 6.84. The Hall–Kier alpha value is -3.48. The number of halogens is 1. The van der Waals surface area contributed by atoms with Crippen LogP contribution < -0.4 is 5.43 Å². The number of hydrogen-bond acceptors (Lipinski definition) is 4. The molecule has 1 heterocycles. The van der Waals surface area contributed by atoms with Gasteiger partial charge in [0.1, 0.15) is 11.4 Å². The van der Waals surface area contributed by atoms with Crippen LogP contribution in [0.3, 0.4) is 0 Å². The molecule has 210 valence electrons. The monoisotopic (exact) mass is 536 g/mol. The molecule has 6 nitrogen and oxygen atoms in total. The van der Waals surface area contributed by atoms with Crippen molar-refractivity contribution in [1.82, 2.24) is 9.80 Å². The topological polar surface area (TPSA) is 70.8 Å². The van der Waals surface area contributed by atoms with Crippen molar-refractivity contribution in [2.24, 2.45) is 0 Å². The number of benzene rings is 2. The summed E-state index contributed by atoms with van der Waals surface area (Å²) in [5.41, 5.74) is 1.36. The van der Waals surface area contributed by atoms with Crippen molar-refractivity contribution in [1.29, 1.82) is 0 Å². The molecule has 0 fully saturated rings.